The molecule has 1 aromatic heterocycles. The highest BCUT2D eigenvalue weighted by Crippen LogP contribution is 2.47. The minimum atomic E-state index is -4.08. The molecule has 0 radical (unpaired) electrons. The number of ketones is 1. The van der Waals surface area contributed by atoms with Crippen LogP contribution in [0, 0.1) is 11.3 Å². The van der Waals surface area contributed by atoms with Crippen molar-refractivity contribution in [2.75, 3.05) is 11.5 Å². The molecule has 0 amide bonds. The molecular weight excluding hydrogens is 508 g/mol. The van der Waals surface area contributed by atoms with Crippen LogP contribution in [-0.4, -0.2) is 39.1 Å². The third kappa shape index (κ3) is 4.72. The number of hydrogen-bond donors (Lipinski definition) is 0. The summed E-state index contributed by atoms with van der Waals surface area (Å²) in [6.07, 6.45) is 1.06. The van der Waals surface area contributed by atoms with E-state index in [0.29, 0.717) is 41.6 Å². The van der Waals surface area contributed by atoms with E-state index in [1.807, 2.05) is 30.3 Å². The Labute approximate surface area is 218 Å². The molecule has 0 spiro atoms. The molecule has 1 heterocycles. The maximum atomic E-state index is 13.5. The lowest BCUT2D eigenvalue weighted by atomic mass is 9.80. The predicted octanol–water partition coefficient (Wildman–Crippen LogP) is 4.49. The lowest BCUT2D eigenvalue weighted by Gasteiger charge is -2.24. The Morgan fingerprint density at radius 2 is 1.59 bits per heavy atom. The van der Waals surface area contributed by atoms with Gasteiger partial charge in [0.25, 0.3) is 0 Å². The van der Waals surface area contributed by atoms with Gasteiger partial charge in [-0.1, -0.05) is 68.4 Å². The number of carbonyl (C=O) groups is 1. The number of benzene rings is 2. The van der Waals surface area contributed by atoms with Crippen molar-refractivity contribution >= 4 is 25.5 Å². The summed E-state index contributed by atoms with van der Waals surface area (Å²) >= 11 is 0. The molecule has 1 aliphatic carbocycles. The zero-order chi connectivity index (χ0) is 27.0. The maximum absolute atomic E-state index is 13.5. The number of nitrogens with zero attached hydrogens (tertiary/aromatic N) is 2. The van der Waals surface area contributed by atoms with Gasteiger partial charge in [-0.15, -0.1) is 0 Å². The molecule has 0 aliphatic heterocycles. The molecule has 7 nitrogen and oxygen atoms in total. The highest BCUT2D eigenvalue weighted by atomic mass is 32.2. The number of fused-ring (bicyclic) bond motifs is 1. The van der Waals surface area contributed by atoms with Crippen molar-refractivity contribution < 1.29 is 21.6 Å². The van der Waals surface area contributed by atoms with Crippen molar-refractivity contribution in [2.24, 2.45) is 0 Å². The summed E-state index contributed by atoms with van der Waals surface area (Å²) in [7, 11) is -8.12. The van der Waals surface area contributed by atoms with E-state index in [1.165, 1.54) is 20.8 Å². The van der Waals surface area contributed by atoms with E-state index in [2.05, 4.69) is 11.1 Å². The van der Waals surface area contributed by atoms with E-state index in [0.717, 1.165) is 5.56 Å². The summed E-state index contributed by atoms with van der Waals surface area (Å²) in [5.74, 6) is -0.800. The number of carbonyl (C=O) groups excluding carboxylic acids is 1. The first-order chi connectivity index (χ1) is 17.5. The van der Waals surface area contributed by atoms with Crippen LogP contribution in [0.5, 0.6) is 0 Å². The average molecular weight is 537 g/mol. The Morgan fingerprint density at radius 3 is 2.14 bits per heavy atom. The molecule has 0 fully saturated rings. The zero-order valence-electron chi connectivity index (χ0n) is 21.0. The highest BCUT2D eigenvalue weighted by Gasteiger charge is 2.45. The van der Waals surface area contributed by atoms with E-state index >= 15 is 0 Å². The number of sulfone groups is 2. The zero-order valence-corrected chi connectivity index (χ0v) is 22.6. The smallest absolute Gasteiger partial charge is 0.196 e. The largest absolute Gasteiger partial charge is 0.295 e. The molecule has 0 N–H and O–H groups in total. The third-order valence-electron chi connectivity index (χ3n) is 6.99. The van der Waals surface area contributed by atoms with Crippen LogP contribution in [0.15, 0.2) is 64.5 Å². The monoisotopic (exact) mass is 536 g/mol. The number of hydrogen-bond acceptors (Lipinski definition) is 7. The summed E-state index contributed by atoms with van der Waals surface area (Å²) in [6.45, 7) is 4.33. The molecule has 9 heteroatoms. The van der Waals surface area contributed by atoms with Gasteiger partial charge in [-0.3, -0.25) is 4.79 Å². The first-order valence-electron chi connectivity index (χ1n) is 12.1. The SMILES string of the molecule is CCS(=O)(=O)c1nc2c(c(-c3ccc(C(C)=O)cc3)c1S(=O)(=O)CC)CCC2(C#N)Cc1ccccc1. The fourth-order valence-corrected chi connectivity index (χ4v) is 7.70. The Balaban J connectivity index is 2.13. The Bertz CT molecular complexity index is 1620. The van der Waals surface area contributed by atoms with Gasteiger partial charge >= 0.3 is 0 Å². The van der Waals surface area contributed by atoms with E-state index in [4.69, 9.17) is 0 Å². The number of nitriles is 1. The molecule has 1 aliphatic rings. The van der Waals surface area contributed by atoms with Crippen molar-refractivity contribution in [1.82, 2.24) is 4.98 Å². The third-order valence-corrected chi connectivity index (χ3v) is 10.5. The van der Waals surface area contributed by atoms with Crippen LogP contribution in [0.4, 0.5) is 0 Å². The van der Waals surface area contributed by atoms with Crippen LogP contribution in [0.2, 0.25) is 0 Å². The summed E-state index contributed by atoms with van der Waals surface area (Å²) in [5.41, 5.74) is 1.84. The topological polar surface area (TPSA) is 122 Å². The van der Waals surface area contributed by atoms with Gasteiger partial charge in [-0.05, 0) is 42.9 Å². The minimum absolute atomic E-state index is 0.145. The second-order valence-corrected chi connectivity index (χ2v) is 13.7. The van der Waals surface area contributed by atoms with Crippen LogP contribution < -0.4 is 0 Å². The normalized spacial score (nSPS) is 17.2. The van der Waals surface area contributed by atoms with Gasteiger partial charge in [-0.2, -0.15) is 5.26 Å². The van der Waals surface area contributed by atoms with Gasteiger partial charge in [0, 0.05) is 11.1 Å². The average Bonchev–Trinajstić information content (AvgIpc) is 3.26. The molecule has 4 rings (SSSR count). The van der Waals surface area contributed by atoms with Gasteiger partial charge in [0.2, 0.25) is 0 Å². The number of pyridine rings is 1. The Kier molecular flexibility index (Phi) is 7.10. The first-order valence-corrected chi connectivity index (χ1v) is 15.4. The quantitative estimate of drug-likeness (QED) is 0.389. The summed E-state index contributed by atoms with van der Waals surface area (Å²) in [5, 5.41) is 9.91. The van der Waals surface area contributed by atoms with Crippen molar-refractivity contribution in [2.45, 2.75) is 55.4 Å². The van der Waals surface area contributed by atoms with Crippen LogP contribution in [0.1, 0.15) is 54.4 Å². The van der Waals surface area contributed by atoms with Gasteiger partial charge in [-0.25, -0.2) is 21.8 Å². The number of Topliss-reactive ketones (excluding diaryl/α,β-unsaturated/α-hetero) is 1. The summed E-state index contributed by atoms with van der Waals surface area (Å²) in [6, 6.07) is 18.3. The second-order valence-electron chi connectivity index (χ2n) is 9.24. The molecule has 1 atom stereocenters. The molecule has 1 unspecified atom stereocenters. The molecular formula is C28H28N2O5S2. The van der Waals surface area contributed by atoms with Crippen molar-refractivity contribution in [3.63, 3.8) is 0 Å². The molecule has 2 aromatic carbocycles. The van der Waals surface area contributed by atoms with Crippen molar-refractivity contribution in [3.8, 4) is 17.2 Å². The molecule has 0 saturated heterocycles. The van der Waals surface area contributed by atoms with Gasteiger partial charge in [0.05, 0.1) is 23.3 Å². The molecule has 0 saturated carbocycles. The van der Waals surface area contributed by atoms with Gasteiger partial charge in [0.15, 0.2) is 30.5 Å². The Hall–Kier alpha value is -3.35. The summed E-state index contributed by atoms with van der Waals surface area (Å²) < 4.78 is 53.5. The van der Waals surface area contributed by atoms with E-state index in [1.54, 1.807) is 24.3 Å². The maximum Gasteiger partial charge on any atom is 0.196 e. The van der Waals surface area contributed by atoms with Crippen LogP contribution in [-0.2, 0) is 37.9 Å². The predicted molar refractivity (Wildman–Crippen MR) is 141 cm³/mol. The lowest BCUT2D eigenvalue weighted by Crippen LogP contribution is -2.27. The van der Waals surface area contributed by atoms with E-state index in [-0.39, 0.29) is 27.7 Å². The highest BCUT2D eigenvalue weighted by molar-refractivity contribution is 7.94. The van der Waals surface area contributed by atoms with Crippen LogP contribution in [0.25, 0.3) is 11.1 Å². The van der Waals surface area contributed by atoms with Crippen molar-refractivity contribution in [1.29, 1.82) is 5.26 Å². The van der Waals surface area contributed by atoms with Gasteiger partial charge < -0.3 is 0 Å². The Morgan fingerprint density at radius 1 is 0.973 bits per heavy atom. The first kappa shape index (κ1) is 26.7. The summed E-state index contributed by atoms with van der Waals surface area (Å²) in [4.78, 5) is 16.1. The molecule has 37 heavy (non-hydrogen) atoms. The molecule has 192 valence electrons. The van der Waals surface area contributed by atoms with Crippen LogP contribution >= 0.6 is 0 Å². The minimum Gasteiger partial charge on any atom is -0.295 e. The van der Waals surface area contributed by atoms with Gasteiger partial charge in [0.1, 0.15) is 10.3 Å². The fourth-order valence-electron chi connectivity index (χ4n) is 4.90. The molecule has 3 aromatic rings. The van der Waals surface area contributed by atoms with Crippen molar-refractivity contribution in [3.05, 3.63) is 77.0 Å². The number of aromatic nitrogens is 1. The standard InChI is InChI=1S/C28H28N2O5S2/c1-4-36(32,33)25-24(22-13-11-21(12-14-22)19(3)31)23-15-16-28(18-29,17-20-9-7-6-8-10-20)26(23)30-27(25)37(34,35)5-2/h6-14H,4-5,15-17H2,1-3H3. The second kappa shape index (κ2) is 9.84. The molecule has 0 bridgehead atoms. The lowest BCUT2D eigenvalue weighted by molar-refractivity contribution is 0.101. The van der Waals surface area contributed by atoms with Crippen LogP contribution in [0.3, 0.4) is 0 Å². The number of rotatable bonds is 8. The van der Waals surface area contributed by atoms with E-state index < -0.39 is 30.1 Å². The fraction of sp³-hybridized carbons (Fsp3) is 0.321. The van der Waals surface area contributed by atoms with E-state index in [9.17, 15) is 26.9 Å².